The number of carbonyl (C=O) groups excluding carboxylic acids is 2. The summed E-state index contributed by atoms with van der Waals surface area (Å²) in [6.45, 7) is 1.75. The largest absolute Gasteiger partial charge is 0.459 e. The Labute approximate surface area is 92.6 Å². The third-order valence-electron chi connectivity index (χ3n) is 1.97. The molecule has 0 radical (unpaired) electrons. The summed E-state index contributed by atoms with van der Waals surface area (Å²) in [5.74, 6) is -2.11. The number of esters is 1. The lowest BCUT2D eigenvalue weighted by molar-refractivity contribution is -0.153. The highest BCUT2D eigenvalue weighted by Crippen LogP contribution is 2.13. The van der Waals surface area contributed by atoms with E-state index < -0.39 is 17.7 Å². The van der Waals surface area contributed by atoms with Crippen molar-refractivity contribution in [2.24, 2.45) is 0 Å². The maximum absolute atomic E-state index is 12.6. The van der Waals surface area contributed by atoms with Gasteiger partial charge in [0.1, 0.15) is 5.82 Å². The van der Waals surface area contributed by atoms with E-state index in [1.807, 2.05) is 0 Å². The van der Waals surface area contributed by atoms with E-state index in [-0.39, 0.29) is 6.61 Å². The second-order valence-corrected chi connectivity index (χ2v) is 3.06. The summed E-state index contributed by atoms with van der Waals surface area (Å²) in [5.41, 5.74) is 0.430. The van der Waals surface area contributed by atoms with Crippen LogP contribution < -0.4 is 4.90 Å². The van der Waals surface area contributed by atoms with Crippen LogP contribution >= 0.6 is 0 Å². The van der Waals surface area contributed by atoms with E-state index in [1.165, 1.54) is 31.3 Å². The zero-order valence-corrected chi connectivity index (χ0v) is 9.07. The highest BCUT2D eigenvalue weighted by Gasteiger charge is 2.20. The van der Waals surface area contributed by atoms with Gasteiger partial charge in [0.15, 0.2) is 0 Å². The molecule has 4 nitrogen and oxygen atoms in total. The first-order chi connectivity index (χ1) is 7.56. The van der Waals surface area contributed by atoms with Crippen molar-refractivity contribution in [3.8, 4) is 0 Å². The average molecular weight is 225 g/mol. The van der Waals surface area contributed by atoms with Gasteiger partial charge in [-0.05, 0) is 31.2 Å². The number of hydrogen-bond acceptors (Lipinski definition) is 3. The van der Waals surface area contributed by atoms with Gasteiger partial charge >= 0.3 is 11.9 Å². The maximum Gasteiger partial charge on any atom is 0.397 e. The summed E-state index contributed by atoms with van der Waals surface area (Å²) in [6.07, 6.45) is 0. The zero-order chi connectivity index (χ0) is 12.1. The van der Waals surface area contributed by atoms with E-state index >= 15 is 0 Å². The molecular formula is C11H12FNO3. The summed E-state index contributed by atoms with van der Waals surface area (Å²) in [6, 6.07) is 5.24. The molecule has 0 aliphatic heterocycles. The summed E-state index contributed by atoms with van der Waals surface area (Å²) >= 11 is 0. The van der Waals surface area contributed by atoms with Crippen LogP contribution in [-0.4, -0.2) is 25.5 Å². The minimum Gasteiger partial charge on any atom is -0.459 e. The third kappa shape index (κ3) is 2.79. The predicted octanol–water partition coefficient (Wildman–Crippen LogP) is 1.35. The number of hydrogen-bond donors (Lipinski definition) is 0. The number of anilines is 1. The summed E-state index contributed by atoms with van der Waals surface area (Å²) < 4.78 is 17.2. The number of amides is 1. The number of benzene rings is 1. The van der Waals surface area contributed by atoms with Crippen LogP contribution in [0.3, 0.4) is 0 Å². The number of halogens is 1. The highest BCUT2D eigenvalue weighted by molar-refractivity contribution is 6.37. The Balaban J connectivity index is 2.77. The molecule has 1 aromatic rings. The molecular weight excluding hydrogens is 213 g/mol. The Hall–Kier alpha value is -1.91. The third-order valence-corrected chi connectivity index (χ3v) is 1.97. The van der Waals surface area contributed by atoms with Crippen LogP contribution in [0.2, 0.25) is 0 Å². The molecule has 0 aliphatic carbocycles. The van der Waals surface area contributed by atoms with Gasteiger partial charge in [-0.25, -0.2) is 9.18 Å². The molecule has 0 N–H and O–H groups in total. The van der Waals surface area contributed by atoms with Gasteiger partial charge in [-0.3, -0.25) is 4.79 Å². The molecule has 16 heavy (non-hydrogen) atoms. The molecule has 0 heterocycles. The summed E-state index contributed by atoms with van der Waals surface area (Å²) in [7, 11) is 1.42. The monoisotopic (exact) mass is 225 g/mol. The van der Waals surface area contributed by atoms with Gasteiger partial charge < -0.3 is 9.64 Å². The lowest BCUT2D eigenvalue weighted by Crippen LogP contribution is -2.34. The normalized spacial score (nSPS) is 9.69. The predicted molar refractivity (Wildman–Crippen MR) is 56.4 cm³/mol. The van der Waals surface area contributed by atoms with Crippen LogP contribution in [0, 0.1) is 5.82 Å². The molecule has 86 valence electrons. The zero-order valence-electron chi connectivity index (χ0n) is 9.07. The van der Waals surface area contributed by atoms with Crippen LogP contribution in [0.1, 0.15) is 6.92 Å². The van der Waals surface area contributed by atoms with E-state index in [0.717, 1.165) is 4.90 Å². The molecule has 1 rings (SSSR count). The fourth-order valence-corrected chi connectivity index (χ4v) is 1.11. The van der Waals surface area contributed by atoms with Crippen LogP contribution in [0.15, 0.2) is 24.3 Å². The lowest BCUT2D eigenvalue weighted by atomic mass is 10.3. The van der Waals surface area contributed by atoms with Crippen molar-refractivity contribution >= 4 is 17.6 Å². The molecule has 1 aromatic carbocycles. The van der Waals surface area contributed by atoms with Crippen molar-refractivity contribution < 1.29 is 18.7 Å². The first-order valence-electron chi connectivity index (χ1n) is 4.76. The highest BCUT2D eigenvalue weighted by atomic mass is 19.1. The minimum atomic E-state index is -0.922. The van der Waals surface area contributed by atoms with Crippen LogP contribution in [0.25, 0.3) is 0 Å². The van der Waals surface area contributed by atoms with Crippen molar-refractivity contribution in [1.29, 1.82) is 0 Å². The molecule has 5 heteroatoms. The van der Waals surface area contributed by atoms with Crippen molar-refractivity contribution in [2.45, 2.75) is 6.92 Å². The first-order valence-corrected chi connectivity index (χ1v) is 4.76. The average Bonchev–Trinajstić information content (AvgIpc) is 2.28. The Kier molecular flexibility index (Phi) is 3.99. The Morgan fingerprint density at radius 2 is 1.88 bits per heavy atom. The standard InChI is InChI=1S/C11H12FNO3/c1-3-16-11(15)10(14)13(2)9-6-4-8(12)5-7-9/h4-7H,3H2,1-2H3. The molecule has 0 saturated heterocycles. The minimum absolute atomic E-state index is 0.141. The van der Waals surface area contributed by atoms with Crippen molar-refractivity contribution in [2.75, 3.05) is 18.6 Å². The second kappa shape index (κ2) is 5.25. The van der Waals surface area contributed by atoms with Crippen LogP contribution in [-0.2, 0) is 14.3 Å². The Bertz CT molecular complexity index is 389. The van der Waals surface area contributed by atoms with Crippen LogP contribution in [0.5, 0.6) is 0 Å². The van der Waals surface area contributed by atoms with E-state index in [2.05, 4.69) is 4.74 Å². The number of carbonyl (C=O) groups is 2. The molecule has 0 bridgehead atoms. The van der Waals surface area contributed by atoms with Crippen LogP contribution in [0.4, 0.5) is 10.1 Å². The van der Waals surface area contributed by atoms with E-state index in [1.54, 1.807) is 6.92 Å². The van der Waals surface area contributed by atoms with Gasteiger partial charge in [0.2, 0.25) is 0 Å². The quantitative estimate of drug-likeness (QED) is 0.564. The van der Waals surface area contributed by atoms with Gasteiger partial charge in [-0.15, -0.1) is 0 Å². The molecule has 0 aromatic heterocycles. The molecule has 0 spiro atoms. The lowest BCUT2D eigenvalue weighted by Gasteiger charge is -2.15. The van der Waals surface area contributed by atoms with Gasteiger partial charge in [-0.2, -0.15) is 0 Å². The number of likely N-dealkylation sites (N-methyl/N-ethyl adjacent to an activating group) is 1. The van der Waals surface area contributed by atoms with Crippen molar-refractivity contribution in [1.82, 2.24) is 0 Å². The fraction of sp³-hybridized carbons (Fsp3) is 0.273. The molecule has 0 saturated carbocycles. The summed E-state index contributed by atoms with van der Waals surface area (Å²) in [5, 5.41) is 0. The van der Waals surface area contributed by atoms with Gasteiger partial charge in [0.05, 0.1) is 6.61 Å². The van der Waals surface area contributed by atoms with E-state index in [9.17, 15) is 14.0 Å². The number of rotatable bonds is 2. The first kappa shape index (κ1) is 12.2. The van der Waals surface area contributed by atoms with Gasteiger partial charge in [-0.1, -0.05) is 0 Å². The van der Waals surface area contributed by atoms with Crippen molar-refractivity contribution in [3.63, 3.8) is 0 Å². The maximum atomic E-state index is 12.6. The molecule has 0 fully saturated rings. The molecule has 0 atom stereocenters. The van der Waals surface area contributed by atoms with E-state index in [0.29, 0.717) is 5.69 Å². The number of nitrogens with zero attached hydrogens (tertiary/aromatic N) is 1. The Morgan fingerprint density at radius 3 is 2.38 bits per heavy atom. The van der Waals surface area contributed by atoms with Gasteiger partial charge in [0.25, 0.3) is 0 Å². The smallest absolute Gasteiger partial charge is 0.397 e. The van der Waals surface area contributed by atoms with E-state index in [4.69, 9.17) is 0 Å². The molecule has 1 amide bonds. The molecule has 0 aliphatic rings. The number of ether oxygens (including phenoxy) is 1. The SMILES string of the molecule is CCOC(=O)C(=O)N(C)c1ccc(F)cc1. The second-order valence-electron chi connectivity index (χ2n) is 3.06. The summed E-state index contributed by atoms with van der Waals surface area (Å²) in [4.78, 5) is 23.7. The topological polar surface area (TPSA) is 46.6 Å². The molecule has 0 unspecified atom stereocenters. The Morgan fingerprint density at radius 1 is 1.31 bits per heavy atom. The van der Waals surface area contributed by atoms with Gasteiger partial charge in [0, 0.05) is 12.7 Å². The van der Waals surface area contributed by atoms with Crippen molar-refractivity contribution in [3.05, 3.63) is 30.1 Å². The fourth-order valence-electron chi connectivity index (χ4n) is 1.11.